The zero-order chi connectivity index (χ0) is 25.5. The van der Waals surface area contributed by atoms with Crippen molar-refractivity contribution in [3.05, 3.63) is 92.2 Å². The third kappa shape index (κ3) is 4.98. The number of aldehydes is 1. The van der Waals surface area contributed by atoms with Crippen LogP contribution in [0.15, 0.2) is 54.6 Å². The highest BCUT2D eigenvalue weighted by molar-refractivity contribution is 6.54. The van der Waals surface area contributed by atoms with Crippen LogP contribution < -0.4 is 10.6 Å². The maximum atomic E-state index is 13.5. The quantitative estimate of drug-likeness (QED) is 0.223. The molecule has 0 aliphatic heterocycles. The number of anilines is 2. The summed E-state index contributed by atoms with van der Waals surface area (Å²) in [6.07, 6.45) is 0.722. The first-order valence-electron chi connectivity index (χ1n) is 10.4. The van der Waals surface area contributed by atoms with Crippen LogP contribution in [0, 0.1) is 18.2 Å². The van der Waals surface area contributed by atoms with Crippen LogP contribution in [-0.4, -0.2) is 23.1 Å². The number of benzene rings is 3. The Hall–Kier alpha value is -2.02. The minimum Gasteiger partial charge on any atom is -0.384 e. The molecule has 2 unspecified atom stereocenters. The van der Waals surface area contributed by atoms with Crippen molar-refractivity contribution in [3.63, 3.8) is 0 Å². The van der Waals surface area contributed by atoms with Gasteiger partial charge in [0.05, 0.1) is 16.0 Å². The maximum Gasteiger partial charge on any atom is 0.257 e. The Labute approximate surface area is 226 Å². The fraction of sp³-hybridized carbons (Fsp3) is 0.200. The van der Waals surface area contributed by atoms with E-state index in [0.717, 1.165) is 6.29 Å². The lowest BCUT2D eigenvalue weighted by atomic mass is 10.00. The average Bonchev–Trinajstić information content (AvgIpc) is 3.29. The Bertz CT molecular complexity index is 1310. The minimum atomic E-state index is -1.39. The number of carbonyl (C=O) groups excluding carboxylic acids is 2. The summed E-state index contributed by atoms with van der Waals surface area (Å²) < 4.78 is 12.1. The van der Waals surface area contributed by atoms with Gasteiger partial charge >= 0.3 is 0 Å². The first kappa shape index (κ1) is 26.1. The first-order chi connectivity index (χ1) is 16.5. The van der Waals surface area contributed by atoms with E-state index in [-0.39, 0.29) is 22.9 Å². The monoisotopic (exact) mass is 572 g/mol. The molecule has 0 aromatic heterocycles. The average molecular weight is 575 g/mol. The van der Waals surface area contributed by atoms with Gasteiger partial charge in [0, 0.05) is 33.9 Å². The molecule has 2 N–H and O–H groups in total. The van der Waals surface area contributed by atoms with Gasteiger partial charge in [-0.05, 0) is 72.6 Å². The van der Waals surface area contributed by atoms with E-state index in [4.69, 9.17) is 58.0 Å². The molecular formula is C25H18Cl5FN2O2. The summed E-state index contributed by atoms with van der Waals surface area (Å²) in [5, 5.41) is 6.86. The summed E-state index contributed by atoms with van der Waals surface area (Å²) in [6, 6.07) is 13.9. The van der Waals surface area contributed by atoms with E-state index < -0.39 is 21.6 Å². The molecule has 3 aromatic rings. The van der Waals surface area contributed by atoms with Crippen molar-refractivity contribution in [2.75, 3.05) is 17.2 Å². The molecule has 0 bridgehead atoms. The van der Waals surface area contributed by atoms with Crippen molar-refractivity contribution < 1.29 is 14.0 Å². The molecule has 1 saturated carbocycles. The molecule has 0 radical (unpaired) electrons. The van der Waals surface area contributed by atoms with E-state index in [1.165, 1.54) is 18.2 Å². The van der Waals surface area contributed by atoms with Crippen LogP contribution in [0.3, 0.4) is 0 Å². The summed E-state index contributed by atoms with van der Waals surface area (Å²) in [7, 11) is 0. The first-order valence-corrected chi connectivity index (χ1v) is 12.3. The van der Waals surface area contributed by atoms with Gasteiger partial charge < -0.3 is 15.4 Å². The van der Waals surface area contributed by atoms with Crippen molar-refractivity contribution in [1.82, 2.24) is 0 Å². The molecule has 0 spiro atoms. The van der Waals surface area contributed by atoms with Gasteiger partial charge in [-0.2, -0.15) is 0 Å². The molecule has 2 atom stereocenters. The maximum absolute atomic E-state index is 13.5. The zero-order valence-electron chi connectivity index (χ0n) is 18.1. The van der Waals surface area contributed by atoms with Gasteiger partial charge in [-0.25, -0.2) is 4.39 Å². The van der Waals surface area contributed by atoms with Gasteiger partial charge in [-0.3, -0.25) is 4.79 Å². The van der Waals surface area contributed by atoms with Crippen LogP contribution in [-0.2, 0) is 4.79 Å². The molecule has 35 heavy (non-hydrogen) atoms. The molecule has 4 rings (SSSR count). The number of rotatable bonds is 7. The largest absolute Gasteiger partial charge is 0.384 e. The third-order valence-electron chi connectivity index (χ3n) is 6.06. The Morgan fingerprint density at radius 2 is 1.66 bits per heavy atom. The van der Waals surface area contributed by atoms with Crippen LogP contribution in [0.4, 0.5) is 15.8 Å². The van der Waals surface area contributed by atoms with E-state index in [9.17, 15) is 14.0 Å². The summed E-state index contributed by atoms with van der Waals surface area (Å²) >= 11 is 31.6. The summed E-state index contributed by atoms with van der Waals surface area (Å²) in [4.78, 5) is 25.0. The van der Waals surface area contributed by atoms with E-state index in [1.54, 1.807) is 43.3 Å². The van der Waals surface area contributed by atoms with Crippen molar-refractivity contribution >= 4 is 81.6 Å². The summed E-state index contributed by atoms with van der Waals surface area (Å²) in [5.41, 5.74) is 1.03. The molecule has 182 valence electrons. The second-order valence-corrected chi connectivity index (χ2v) is 11.0. The molecule has 0 heterocycles. The number of hydrogen-bond acceptors (Lipinski definition) is 3. The number of amides is 1. The summed E-state index contributed by atoms with van der Waals surface area (Å²) in [6.45, 7) is 1.68. The highest BCUT2D eigenvalue weighted by Crippen LogP contribution is 2.73. The van der Waals surface area contributed by atoms with Crippen molar-refractivity contribution in [2.45, 2.75) is 17.2 Å². The summed E-state index contributed by atoms with van der Waals surface area (Å²) in [5.74, 6) is -1.39. The van der Waals surface area contributed by atoms with E-state index in [1.807, 2.05) is 0 Å². The smallest absolute Gasteiger partial charge is 0.257 e. The van der Waals surface area contributed by atoms with Gasteiger partial charge in [0.25, 0.3) is 5.91 Å². The van der Waals surface area contributed by atoms with Crippen LogP contribution in [0.1, 0.15) is 27.4 Å². The topological polar surface area (TPSA) is 58.2 Å². The molecule has 1 fully saturated rings. The Morgan fingerprint density at radius 3 is 2.29 bits per heavy atom. The Morgan fingerprint density at radius 1 is 1.00 bits per heavy atom. The van der Waals surface area contributed by atoms with Gasteiger partial charge in [-0.15, -0.1) is 0 Å². The molecule has 0 saturated heterocycles. The van der Waals surface area contributed by atoms with Crippen LogP contribution in [0.25, 0.3) is 0 Å². The molecule has 1 aliphatic rings. The van der Waals surface area contributed by atoms with Gasteiger partial charge in [0.1, 0.15) is 16.4 Å². The lowest BCUT2D eigenvalue weighted by molar-refractivity contribution is -0.112. The van der Waals surface area contributed by atoms with Crippen molar-refractivity contribution in [3.8, 4) is 0 Å². The van der Waals surface area contributed by atoms with E-state index >= 15 is 0 Å². The highest BCUT2D eigenvalue weighted by atomic mass is 35.5. The molecule has 3 aromatic carbocycles. The standard InChI is InChI=1S/C25H18Cl5FN2O2/c1-13-6-18(3-5-21(13)31)33-23(35)19-10-17(2-4-20(19)28)32-11-24(12-34)22(25(24,29)30)14-7-15(26)9-16(27)8-14/h2-10,12,22,32H,11H2,1H3,(H,33,35). The molecule has 1 aliphatic carbocycles. The Kier molecular flexibility index (Phi) is 7.29. The fourth-order valence-electron chi connectivity index (χ4n) is 4.11. The SMILES string of the molecule is Cc1cc(NC(=O)c2cc(NCC3(C=O)C(c4cc(Cl)cc(Cl)c4)C3(Cl)Cl)ccc2Cl)ccc1F. The lowest BCUT2D eigenvalue weighted by Crippen LogP contribution is -2.23. The van der Waals surface area contributed by atoms with Gasteiger partial charge in [0.2, 0.25) is 0 Å². The molecule has 4 nitrogen and oxygen atoms in total. The number of nitrogens with one attached hydrogen (secondary N) is 2. The van der Waals surface area contributed by atoms with Crippen LogP contribution in [0.5, 0.6) is 0 Å². The molecule has 10 heteroatoms. The zero-order valence-corrected chi connectivity index (χ0v) is 21.9. The van der Waals surface area contributed by atoms with Crippen LogP contribution >= 0.6 is 58.0 Å². The third-order valence-corrected chi connectivity index (χ3v) is 7.96. The fourth-order valence-corrected chi connectivity index (χ4v) is 5.83. The molecular weight excluding hydrogens is 557 g/mol. The van der Waals surface area contributed by atoms with Gasteiger partial charge in [0.15, 0.2) is 0 Å². The highest BCUT2D eigenvalue weighted by Gasteiger charge is 2.76. The van der Waals surface area contributed by atoms with Crippen LogP contribution in [0.2, 0.25) is 15.1 Å². The van der Waals surface area contributed by atoms with Crippen molar-refractivity contribution in [1.29, 1.82) is 0 Å². The second kappa shape index (κ2) is 9.79. The second-order valence-electron chi connectivity index (χ2n) is 8.38. The van der Waals surface area contributed by atoms with Crippen molar-refractivity contribution in [2.24, 2.45) is 5.41 Å². The minimum absolute atomic E-state index is 0.0815. The predicted octanol–water partition coefficient (Wildman–Crippen LogP) is 7.92. The number of halogens is 6. The lowest BCUT2D eigenvalue weighted by Gasteiger charge is -2.15. The molecule has 1 amide bonds. The van der Waals surface area contributed by atoms with E-state index in [2.05, 4.69) is 10.6 Å². The van der Waals surface area contributed by atoms with Gasteiger partial charge in [-0.1, -0.05) is 58.0 Å². The number of aryl methyl sites for hydroxylation is 1. The predicted molar refractivity (Wildman–Crippen MR) is 141 cm³/mol. The number of alkyl halides is 2. The van der Waals surface area contributed by atoms with E-state index in [0.29, 0.717) is 32.5 Å². The number of hydrogen-bond donors (Lipinski definition) is 2. The Balaban J connectivity index is 1.53. The number of carbonyl (C=O) groups is 2. The normalized spacial score (nSPS) is 20.3.